The van der Waals surface area contributed by atoms with Crippen molar-refractivity contribution in [1.82, 2.24) is 14.5 Å². The van der Waals surface area contributed by atoms with Crippen molar-refractivity contribution in [2.24, 2.45) is 5.92 Å². The normalized spacial score (nSPS) is 28.1. The van der Waals surface area contributed by atoms with E-state index in [0.29, 0.717) is 17.9 Å². The fourth-order valence-corrected chi connectivity index (χ4v) is 4.92. The molecule has 4 atom stereocenters. The number of hydrogen-bond donors (Lipinski definition) is 2. The highest BCUT2D eigenvalue weighted by Gasteiger charge is 2.54. The lowest BCUT2D eigenvalue weighted by Crippen LogP contribution is -2.27. The number of halogens is 1. The molecule has 152 valence electrons. The SMILES string of the molecule is CC1(C)O[C@@H]2[C@H](O1)C(CO)C[C@H]2n1cc(-c2ccccc2)c2c(N)nc(Cl)nc21. The smallest absolute Gasteiger partial charge is 0.226 e. The maximum Gasteiger partial charge on any atom is 0.226 e. The molecule has 1 aliphatic carbocycles. The highest BCUT2D eigenvalue weighted by molar-refractivity contribution is 6.29. The van der Waals surface area contributed by atoms with Gasteiger partial charge in [0.05, 0.1) is 17.5 Å². The molecule has 1 aromatic carbocycles. The topological polar surface area (TPSA) is 95.4 Å². The Morgan fingerprint density at radius 2 is 1.93 bits per heavy atom. The van der Waals surface area contributed by atoms with E-state index in [-0.39, 0.29) is 36.1 Å². The summed E-state index contributed by atoms with van der Waals surface area (Å²) in [6.07, 6.45) is 2.38. The lowest BCUT2D eigenvalue weighted by atomic mass is 10.1. The van der Waals surface area contributed by atoms with Crippen LogP contribution in [0, 0.1) is 5.92 Å². The molecule has 7 nitrogen and oxygen atoms in total. The molecule has 0 spiro atoms. The molecular formula is C21H23ClN4O3. The number of aliphatic hydroxyl groups is 1. The van der Waals surface area contributed by atoms with Gasteiger partial charge in [0.1, 0.15) is 17.6 Å². The summed E-state index contributed by atoms with van der Waals surface area (Å²) in [5.74, 6) is -0.369. The number of aromatic nitrogens is 3. The molecular weight excluding hydrogens is 392 g/mol. The van der Waals surface area contributed by atoms with Crippen LogP contribution in [0.15, 0.2) is 36.5 Å². The molecule has 3 heterocycles. The molecule has 0 amide bonds. The fraction of sp³-hybridized carbons (Fsp3) is 0.429. The first kappa shape index (κ1) is 18.8. The third kappa shape index (κ3) is 3.00. The van der Waals surface area contributed by atoms with Crippen LogP contribution in [0.3, 0.4) is 0 Å². The van der Waals surface area contributed by atoms with E-state index in [4.69, 9.17) is 26.8 Å². The van der Waals surface area contributed by atoms with E-state index in [2.05, 4.69) is 14.5 Å². The van der Waals surface area contributed by atoms with E-state index in [9.17, 15) is 5.11 Å². The van der Waals surface area contributed by atoms with Gasteiger partial charge in [-0.2, -0.15) is 4.98 Å². The molecule has 3 N–H and O–H groups in total. The van der Waals surface area contributed by atoms with E-state index in [1.165, 1.54) is 0 Å². The Hall–Kier alpha value is -2.19. The van der Waals surface area contributed by atoms with Gasteiger partial charge in [0.25, 0.3) is 0 Å². The Labute approximate surface area is 173 Å². The van der Waals surface area contributed by atoms with Crippen molar-refractivity contribution in [3.63, 3.8) is 0 Å². The molecule has 2 aromatic heterocycles. The third-order valence-electron chi connectivity index (χ3n) is 5.90. The van der Waals surface area contributed by atoms with E-state index >= 15 is 0 Å². The molecule has 29 heavy (non-hydrogen) atoms. The molecule has 3 aromatic rings. The van der Waals surface area contributed by atoms with Crippen LogP contribution in [-0.4, -0.2) is 44.2 Å². The standard InChI is InChI=1S/C21H23ClN4O3/c1-21(2)28-16-12(10-27)8-14(17(16)29-21)26-9-13(11-6-4-3-5-7-11)15-18(23)24-20(22)25-19(15)26/h3-7,9,12,14,16-17,27H,8,10H2,1-2H3,(H2,23,24,25)/t12?,14-,16-,17+/m1/s1. The number of nitrogens with two attached hydrogens (primary N) is 1. The average Bonchev–Trinajstić information content (AvgIpc) is 3.30. The number of nitrogens with zero attached hydrogens (tertiary/aromatic N) is 3. The van der Waals surface area contributed by atoms with E-state index < -0.39 is 5.79 Å². The van der Waals surface area contributed by atoms with Crippen molar-refractivity contribution in [3.05, 3.63) is 41.8 Å². The Kier molecular flexibility index (Phi) is 4.33. The summed E-state index contributed by atoms with van der Waals surface area (Å²) < 4.78 is 14.4. The maximum atomic E-state index is 9.92. The molecule has 1 saturated carbocycles. The maximum absolute atomic E-state index is 9.92. The first-order chi connectivity index (χ1) is 13.9. The molecule has 8 heteroatoms. The molecule has 0 bridgehead atoms. The summed E-state index contributed by atoms with van der Waals surface area (Å²) in [6, 6.07) is 9.92. The molecule has 1 saturated heterocycles. The number of hydrogen-bond acceptors (Lipinski definition) is 6. The zero-order chi connectivity index (χ0) is 20.3. The third-order valence-corrected chi connectivity index (χ3v) is 6.07. The van der Waals surface area contributed by atoms with Crippen molar-refractivity contribution in [2.75, 3.05) is 12.3 Å². The zero-order valence-electron chi connectivity index (χ0n) is 16.2. The van der Waals surface area contributed by atoms with Gasteiger partial charge in [0, 0.05) is 24.3 Å². The summed E-state index contributed by atoms with van der Waals surface area (Å²) in [5, 5.41) is 10.8. The number of aliphatic hydroxyl groups excluding tert-OH is 1. The molecule has 1 aliphatic heterocycles. The predicted molar refractivity (Wildman–Crippen MR) is 110 cm³/mol. The second-order valence-electron chi connectivity index (χ2n) is 8.20. The van der Waals surface area contributed by atoms with Gasteiger partial charge in [-0.05, 0) is 37.4 Å². The minimum Gasteiger partial charge on any atom is -0.396 e. The lowest BCUT2D eigenvalue weighted by Gasteiger charge is -2.24. The van der Waals surface area contributed by atoms with Crippen molar-refractivity contribution in [2.45, 2.75) is 44.3 Å². The first-order valence-electron chi connectivity index (χ1n) is 9.73. The summed E-state index contributed by atoms with van der Waals surface area (Å²) in [4.78, 5) is 8.68. The molecule has 5 rings (SSSR count). The number of fused-ring (bicyclic) bond motifs is 2. The van der Waals surface area contributed by atoms with Crippen LogP contribution in [0.4, 0.5) is 5.82 Å². The number of rotatable bonds is 3. The summed E-state index contributed by atoms with van der Waals surface area (Å²) in [7, 11) is 0. The number of anilines is 1. The predicted octanol–water partition coefficient (Wildman–Crippen LogP) is 3.41. The van der Waals surface area contributed by atoms with Crippen LogP contribution in [0.5, 0.6) is 0 Å². The van der Waals surface area contributed by atoms with Crippen LogP contribution < -0.4 is 5.73 Å². The molecule has 1 unspecified atom stereocenters. The zero-order valence-corrected chi connectivity index (χ0v) is 17.0. The Bertz CT molecular complexity index is 1070. The Morgan fingerprint density at radius 1 is 1.21 bits per heavy atom. The van der Waals surface area contributed by atoms with Gasteiger partial charge in [-0.3, -0.25) is 0 Å². The molecule has 0 radical (unpaired) electrons. The van der Waals surface area contributed by atoms with Crippen LogP contribution >= 0.6 is 11.6 Å². The largest absolute Gasteiger partial charge is 0.396 e. The summed E-state index contributed by atoms with van der Waals surface area (Å²) in [6.45, 7) is 3.84. The van der Waals surface area contributed by atoms with E-state index in [1.54, 1.807) is 0 Å². The van der Waals surface area contributed by atoms with Gasteiger partial charge in [-0.25, -0.2) is 4.98 Å². The number of nitrogen functional groups attached to an aromatic ring is 1. The van der Waals surface area contributed by atoms with Gasteiger partial charge in [-0.15, -0.1) is 0 Å². The van der Waals surface area contributed by atoms with E-state index in [0.717, 1.165) is 16.5 Å². The summed E-state index contributed by atoms with van der Waals surface area (Å²) >= 11 is 6.16. The minimum atomic E-state index is -0.696. The van der Waals surface area contributed by atoms with Crippen molar-refractivity contribution >= 4 is 28.5 Å². The van der Waals surface area contributed by atoms with E-state index in [1.807, 2.05) is 50.4 Å². The van der Waals surface area contributed by atoms with Crippen LogP contribution in [0.1, 0.15) is 26.3 Å². The van der Waals surface area contributed by atoms with Crippen molar-refractivity contribution in [1.29, 1.82) is 0 Å². The lowest BCUT2D eigenvalue weighted by molar-refractivity contribution is -0.161. The van der Waals surface area contributed by atoms with Gasteiger partial charge in [-0.1, -0.05) is 30.3 Å². The monoisotopic (exact) mass is 414 g/mol. The number of ether oxygens (including phenoxy) is 2. The quantitative estimate of drug-likeness (QED) is 0.637. The fourth-order valence-electron chi connectivity index (χ4n) is 4.75. The molecule has 2 fully saturated rings. The average molecular weight is 415 g/mol. The van der Waals surface area contributed by atoms with Crippen molar-refractivity contribution < 1.29 is 14.6 Å². The highest BCUT2D eigenvalue weighted by Crippen LogP contribution is 2.48. The van der Waals surface area contributed by atoms with Crippen molar-refractivity contribution in [3.8, 4) is 11.1 Å². The van der Waals surface area contributed by atoms with Gasteiger partial charge >= 0.3 is 0 Å². The summed E-state index contributed by atoms with van der Waals surface area (Å²) in [5.41, 5.74) is 8.89. The van der Waals surface area contributed by atoms with Gasteiger partial charge < -0.3 is 24.9 Å². The van der Waals surface area contributed by atoms with Gasteiger partial charge in [0.15, 0.2) is 5.79 Å². The van der Waals surface area contributed by atoms with Crippen LogP contribution in [0.2, 0.25) is 5.28 Å². The second-order valence-corrected chi connectivity index (χ2v) is 8.54. The first-order valence-corrected chi connectivity index (χ1v) is 10.1. The molecule has 2 aliphatic rings. The van der Waals surface area contributed by atoms with Crippen LogP contribution in [0.25, 0.3) is 22.2 Å². The minimum absolute atomic E-state index is 0.0148. The Balaban J connectivity index is 1.70. The van der Waals surface area contributed by atoms with Gasteiger partial charge in [0.2, 0.25) is 5.28 Å². The number of benzene rings is 1. The second kappa shape index (κ2) is 6.67. The highest BCUT2D eigenvalue weighted by atomic mass is 35.5. The Morgan fingerprint density at radius 3 is 2.66 bits per heavy atom. The van der Waals surface area contributed by atoms with Crippen LogP contribution in [-0.2, 0) is 9.47 Å².